The first kappa shape index (κ1) is 15.3. The van der Waals surface area contributed by atoms with E-state index in [0.717, 1.165) is 11.3 Å². The number of aromatic amines is 1. The summed E-state index contributed by atoms with van der Waals surface area (Å²) in [4.78, 5) is 27.3. The normalized spacial score (nSPS) is 19.6. The van der Waals surface area contributed by atoms with Gasteiger partial charge in [0.1, 0.15) is 17.4 Å². The lowest BCUT2D eigenvalue weighted by molar-refractivity contribution is -0.000468. The molecule has 5 nitrogen and oxygen atoms in total. The zero-order valence-electron chi connectivity index (χ0n) is 13.4. The van der Waals surface area contributed by atoms with Gasteiger partial charge in [-0.15, -0.1) is 0 Å². The maximum Gasteiger partial charge on any atom is 0.344 e. The van der Waals surface area contributed by atoms with Gasteiger partial charge in [-0.1, -0.05) is 25.1 Å². The van der Waals surface area contributed by atoms with Crippen molar-refractivity contribution >= 4 is 5.97 Å². The molecule has 0 unspecified atom stereocenters. The van der Waals surface area contributed by atoms with Gasteiger partial charge in [-0.3, -0.25) is 4.79 Å². The molecule has 2 atom stereocenters. The van der Waals surface area contributed by atoms with E-state index in [1.807, 2.05) is 31.2 Å². The number of fused-ring (bicyclic) bond motifs is 1. The molecule has 0 bridgehead atoms. The molecule has 5 heteroatoms. The molecule has 3 rings (SSSR count). The molecule has 120 valence electrons. The lowest BCUT2D eigenvalue weighted by atomic mass is 9.94. The zero-order valence-corrected chi connectivity index (χ0v) is 13.4. The van der Waals surface area contributed by atoms with Crippen molar-refractivity contribution in [1.82, 2.24) is 4.98 Å². The van der Waals surface area contributed by atoms with Crippen LogP contribution in [0.3, 0.4) is 0 Å². The lowest BCUT2D eigenvalue weighted by Gasteiger charge is -2.31. The highest BCUT2D eigenvalue weighted by molar-refractivity contribution is 5.90. The van der Waals surface area contributed by atoms with Gasteiger partial charge in [-0.05, 0) is 31.5 Å². The molecule has 1 N–H and O–H groups in total. The summed E-state index contributed by atoms with van der Waals surface area (Å²) in [5.41, 5.74) is 1.81. The van der Waals surface area contributed by atoms with Crippen LogP contribution >= 0.6 is 0 Å². The maximum absolute atomic E-state index is 12.5. The number of ether oxygens (including phenoxy) is 2. The first-order valence-corrected chi connectivity index (χ1v) is 7.60. The summed E-state index contributed by atoms with van der Waals surface area (Å²) >= 11 is 0. The smallest absolute Gasteiger partial charge is 0.344 e. The van der Waals surface area contributed by atoms with Crippen molar-refractivity contribution in [1.29, 1.82) is 0 Å². The van der Waals surface area contributed by atoms with Crippen LogP contribution in [-0.4, -0.2) is 17.6 Å². The predicted octanol–water partition coefficient (Wildman–Crippen LogP) is 2.92. The quantitative estimate of drug-likeness (QED) is 0.866. The van der Waals surface area contributed by atoms with Gasteiger partial charge in [-0.25, -0.2) is 4.79 Å². The summed E-state index contributed by atoms with van der Waals surface area (Å²) in [6, 6.07) is 9.26. The lowest BCUT2D eigenvalue weighted by Crippen LogP contribution is -2.30. The molecule has 0 spiro atoms. The molecule has 0 fully saturated rings. The summed E-state index contributed by atoms with van der Waals surface area (Å²) in [6.45, 7) is 5.94. The van der Waals surface area contributed by atoms with Crippen molar-refractivity contribution in [2.45, 2.75) is 26.9 Å². The number of carbonyl (C=O) groups excluding carboxylic acids is 1. The van der Waals surface area contributed by atoms with Crippen LogP contribution in [0.4, 0.5) is 0 Å². The van der Waals surface area contributed by atoms with E-state index in [1.54, 1.807) is 19.9 Å². The number of hydrogen-bond donors (Lipinski definition) is 1. The SMILES string of the molecule is Cc1cc(C)c(C(=O)O[C@H]2c3ccccc3OC[C@@H]2C)c(=O)[nH]1. The Morgan fingerprint density at radius 2 is 2.04 bits per heavy atom. The summed E-state index contributed by atoms with van der Waals surface area (Å²) < 4.78 is 11.3. The minimum atomic E-state index is -0.600. The number of aryl methyl sites for hydroxylation is 2. The van der Waals surface area contributed by atoms with Crippen molar-refractivity contribution in [2.24, 2.45) is 5.92 Å². The second-order valence-corrected chi connectivity index (χ2v) is 5.99. The topological polar surface area (TPSA) is 68.4 Å². The van der Waals surface area contributed by atoms with E-state index in [4.69, 9.17) is 9.47 Å². The Labute approximate surface area is 134 Å². The number of H-pyrrole nitrogens is 1. The predicted molar refractivity (Wildman–Crippen MR) is 85.8 cm³/mol. The standard InChI is InChI=1S/C18H19NO4/c1-10-8-12(3)19-17(20)15(10)18(21)23-16-11(2)9-22-14-7-5-4-6-13(14)16/h4-8,11,16H,9H2,1-3H3,(H,19,20)/t11-,16+/m0/s1. The number of hydrogen-bond acceptors (Lipinski definition) is 4. The highest BCUT2D eigenvalue weighted by atomic mass is 16.6. The molecule has 1 aromatic heterocycles. The fourth-order valence-electron chi connectivity index (χ4n) is 2.92. The Balaban J connectivity index is 1.93. The average Bonchev–Trinajstić information content (AvgIpc) is 2.49. The first-order chi connectivity index (χ1) is 11.0. The first-order valence-electron chi connectivity index (χ1n) is 7.60. The van der Waals surface area contributed by atoms with Gasteiger partial charge < -0.3 is 14.5 Å². The van der Waals surface area contributed by atoms with Crippen molar-refractivity contribution in [2.75, 3.05) is 6.61 Å². The highest BCUT2D eigenvalue weighted by Gasteiger charge is 2.32. The Bertz CT molecular complexity index is 809. The molecule has 1 aromatic carbocycles. The number of aromatic nitrogens is 1. The molecule has 1 aliphatic rings. The molecule has 0 amide bonds. The van der Waals surface area contributed by atoms with E-state index in [1.165, 1.54) is 0 Å². The molecule has 2 heterocycles. The Morgan fingerprint density at radius 1 is 1.30 bits per heavy atom. The maximum atomic E-state index is 12.5. The zero-order chi connectivity index (χ0) is 16.6. The van der Waals surface area contributed by atoms with Crippen LogP contribution in [0.1, 0.15) is 40.2 Å². The van der Waals surface area contributed by atoms with E-state index < -0.39 is 17.6 Å². The monoisotopic (exact) mass is 313 g/mol. The van der Waals surface area contributed by atoms with E-state index >= 15 is 0 Å². The van der Waals surface area contributed by atoms with Gasteiger partial charge >= 0.3 is 5.97 Å². The van der Waals surface area contributed by atoms with Crippen molar-refractivity contribution in [3.63, 3.8) is 0 Å². The molecule has 23 heavy (non-hydrogen) atoms. The van der Waals surface area contributed by atoms with E-state index in [0.29, 0.717) is 17.9 Å². The number of esters is 1. The van der Waals surface area contributed by atoms with Crippen molar-refractivity contribution in [3.8, 4) is 5.75 Å². The summed E-state index contributed by atoms with van der Waals surface area (Å²) in [7, 11) is 0. The summed E-state index contributed by atoms with van der Waals surface area (Å²) in [5.74, 6) is 0.133. The number of para-hydroxylation sites is 1. The van der Waals surface area contributed by atoms with Crippen LogP contribution in [0.5, 0.6) is 5.75 Å². The number of benzene rings is 1. The van der Waals surface area contributed by atoms with E-state index in [-0.39, 0.29) is 11.5 Å². The van der Waals surface area contributed by atoms with E-state index in [2.05, 4.69) is 4.98 Å². The molecular formula is C18H19NO4. The summed E-state index contributed by atoms with van der Waals surface area (Å²) in [6.07, 6.45) is -0.424. The molecule has 2 aromatic rings. The third-order valence-electron chi connectivity index (χ3n) is 4.05. The van der Waals surface area contributed by atoms with Crippen LogP contribution in [0.15, 0.2) is 35.1 Å². The number of nitrogens with one attached hydrogen (secondary N) is 1. The summed E-state index contributed by atoms with van der Waals surface area (Å²) in [5, 5.41) is 0. The van der Waals surface area contributed by atoms with E-state index in [9.17, 15) is 9.59 Å². The van der Waals surface area contributed by atoms with Gasteiger partial charge in [-0.2, -0.15) is 0 Å². The number of rotatable bonds is 2. The second kappa shape index (κ2) is 5.91. The van der Waals surface area contributed by atoms with Gasteiger partial charge in [0.05, 0.1) is 6.61 Å². The molecule has 0 radical (unpaired) electrons. The van der Waals surface area contributed by atoms with Crippen LogP contribution in [0.25, 0.3) is 0 Å². The fraction of sp³-hybridized carbons (Fsp3) is 0.333. The Morgan fingerprint density at radius 3 is 2.78 bits per heavy atom. The van der Waals surface area contributed by atoms with Crippen molar-refractivity contribution in [3.05, 3.63) is 63.1 Å². The second-order valence-electron chi connectivity index (χ2n) is 5.99. The van der Waals surface area contributed by atoms with Gasteiger partial charge in [0.2, 0.25) is 0 Å². The Kier molecular flexibility index (Phi) is 3.94. The Hall–Kier alpha value is -2.56. The van der Waals surface area contributed by atoms with Gasteiger partial charge in [0.25, 0.3) is 5.56 Å². The average molecular weight is 313 g/mol. The van der Waals surface area contributed by atoms with Gasteiger partial charge in [0.15, 0.2) is 0 Å². The third-order valence-corrected chi connectivity index (χ3v) is 4.05. The molecule has 0 aliphatic carbocycles. The third kappa shape index (κ3) is 2.86. The van der Waals surface area contributed by atoms with Crippen LogP contribution in [-0.2, 0) is 4.74 Å². The fourth-order valence-corrected chi connectivity index (χ4v) is 2.92. The molecule has 0 saturated heterocycles. The van der Waals surface area contributed by atoms with Crippen LogP contribution in [0, 0.1) is 19.8 Å². The number of carbonyl (C=O) groups is 1. The highest BCUT2D eigenvalue weighted by Crippen LogP contribution is 2.37. The molecule has 0 saturated carbocycles. The van der Waals surface area contributed by atoms with Crippen LogP contribution < -0.4 is 10.3 Å². The van der Waals surface area contributed by atoms with Crippen LogP contribution in [0.2, 0.25) is 0 Å². The van der Waals surface area contributed by atoms with Crippen molar-refractivity contribution < 1.29 is 14.3 Å². The minimum Gasteiger partial charge on any atom is -0.493 e. The largest absolute Gasteiger partial charge is 0.493 e. The minimum absolute atomic E-state index is 0.0127. The molecule has 1 aliphatic heterocycles. The molecular weight excluding hydrogens is 294 g/mol. The van der Waals surface area contributed by atoms with Gasteiger partial charge in [0, 0.05) is 17.2 Å². The number of pyridine rings is 1.